The first-order chi connectivity index (χ1) is 9.04. The van der Waals surface area contributed by atoms with Crippen LogP contribution in [-0.4, -0.2) is 30.8 Å². The molecule has 0 atom stereocenters. The molecule has 0 unspecified atom stereocenters. The number of carboxylic acids is 1. The van der Waals surface area contributed by atoms with Gasteiger partial charge in [-0.3, -0.25) is 0 Å². The summed E-state index contributed by atoms with van der Waals surface area (Å²) in [6.45, 7) is 4.30. The third kappa shape index (κ3) is 3.47. The summed E-state index contributed by atoms with van der Waals surface area (Å²) >= 11 is 0. The van der Waals surface area contributed by atoms with Crippen LogP contribution in [0.25, 0.3) is 0 Å². The highest BCUT2D eigenvalue weighted by Gasteiger charge is 2.22. The van der Waals surface area contributed by atoms with Gasteiger partial charge in [-0.1, -0.05) is 13.8 Å². The fourth-order valence-corrected chi connectivity index (χ4v) is 1.77. The van der Waals surface area contributed by atoms with Crippen LogP contribution in [-0.2, 0) is 11.2 Å². The number of hydrogen-bond donors (Lipinski definition) is 1. The molecule has 5 nitrogen and oxygen atoms in total. The molecular weight excluding hydrogens is 248 g/mol. The largest absolute Gasteiger partial charge is 0.494 e. The van der Waals surface area contributed by atoms with Gasteiger partial charge in [-0.25, -0.2) is 9.59 Å². The summed E-state index contributed by atoms with van der Waals surface area (Å²) in [5, 5.41) is 9.22. The molecule has 0 heterocycles. The van der Waals surface area contributed by atoms with Crippen LogP contribution in [0.5, 0.6) is 5.75 Å². The molecule has 0 saturated carbocycles. The van der Waals surface area contributed by atoms with Crippen LogP contribution in [0.1, 0.15) is 46.5 Å². The maximum atomic E-state index is 11.7. The van der Waals surface area contributed by atoms with Crippen LogP contribution in [0.3, 0.4) is 0 Å². The van der Waals surface area contributed by atoms with E-state index in [0.29, 0.717) is 24.3 Å². The number of esters is 1. The van der Waals surface area contributed by atoms with Gasteiger partial charge in [-0.15, -0.1) is 0 Å². The van der Waals surface area contributed by atoms with Crippen molar-refractivity contribution in [3.63, 3.8) is 0 Å². The van der Waals surface area contributed by atoms with Crippen LogP contribution >= 0.6 is 0 Å². The van der Waals surface area contributed by atoms with Gasteiger partial charge in [0.15, 0.2) is 0 Å². The summed E-state index contributed by atoms with van der Waals surface area (Å²) in [5.41, 5.74) is 0.622. The third-order valence-corrected chi connectivity index (χ3v) is 2.67. The highest BCUT2D eigenvalue weighted by Crippen LogP contribution is 2.24. The molecule has 0 radical (unpaired) electrons. The van der Waals surface area contributed by atoms with Crippen molar-refractivity contribution in [2.24, 2.45) is 0 Å². The molecule has 0 amide bonds. The summed E-state index contributed by atoms with van der Waals surface area (Å²) < 4.78 is 10.1. The predicted octanol–water partition coefficient (Wildman–Crippen LogP) is 2.52. The quantitative estimate of drug-likeness (QED) is 0.801. The first kappa shape index (κ1) is 15.0. The van der Waals surface area contributed by atoms with E-state index in [9.17, 15) is 14.7 Å². The van der Waals surface area contributed by atoms with E-state index in [1.165, 1.54) is 13.2 Å². The van der Waals surface area contributed by atoms with Gasteiger partial charge in [0, 0.05) is 0 Å². The Bertz CT molecular complexity index is 479. The van der Waals surface area contributed by atoms with E-state index in [1.54, 1.807) is 6.07 Å². The lowest BCUT2D eigenvalue weighted by atomic mass is 9.98. The topological polar surface area (TPSA) is 72.8 Å². The number of carbonyl (C=O) groups excluding carboxylic acids is 1. The average Bonchev–Trinajstić information content (AvgIpc) is 2.42. The number of hydrogen-bond acceptors (Lipinski definition) is 4. The lowest BCUT2D eigenvalue weighted by molar-refractivity contribution is 0.0581. The SMILES string of the molecule is CCCOc1cc(CC)c(C(=O)OC)c(C(=O)O)c1. The molecule has 0 fully saturated rings. The number of rotatable bonds is 6. The summed E-state index contributed by atoms with van der Waals surface area (Å²) in [6, 6.07) is 3.05. The predicted molar refractivity (Wildman–Crippen MR) is 69.9 cm³/mol. The van der Waals surface area contributed by atoms with Crippen molar-refractivity contribution in [3.05, 3.63) is 28.8 Å². The number of aromatic carboxylic acids is 1. The van der Waals surface area contributed by atoms with Crippen molar-refractivity contribution in [1.82, 2.24) is 0 Å². The maximum absolute atomic E-state index is 11.7. The number of aryl methyl sites for hydroxylation is 1. The summed E-state index contributed by atoms with van der Waals surface area (Å²) in [4.78, 5) is 23.0. The lowest BCUT2D eigenvalue weighted by Crippen LogP contribution is -2.14. The zero-order valence-electron chi connectivity index (χ0n) is 11.4. The number of methoxy groups -OCH3 is 1. The molecule has 104 valence electrons. The molecule has 1 aromatic rings. The van der Waals surface area contributed by atoms with Crippen molar-refractivity contribution in [1.29, 1.82) is 0 Å². The minimum Gasteiger partial charge on any atom is -0.494 e. The van der Waals surface area contributed by atoms with Gasteiger partial charge in [0.2, 0.25) is 0 Å². The molecule has 0 aliphatic rings. The molecule has 0 aliphatic carbocycles. The van der Waals surface area contributed by atoms with Crippen molar-refractivity contribution < 1.29 is 24.2 Å². The van der Waals surface area contributed by atoms with Crippen molar-refractivity contribution in [2.75, 3.05) is 13.7 Å². The van der Waals surface area contributed by atoms with E-state index in [0.717, 1.165) is 6.42 Å². The minimum absolute atomic E-state index is 0.0858. The smallest absolute Gasteiger partial charge is 0.339 e. The first-order valence-corrected chi connectivity index (χ1v) is 6.16. The van der Waals surface area contributed by atoms with Gasteiger partial charge in [0.05, 0.1) is 24.8 Å². The fraction of sp³-hybridized carbons (Fsp3) is 0.429. The Balaban J connectivity index is 3.36. The van der Waals surface area contributed by atoms with Gasteiger partial charge in [0.25, 0.3) is 0 Å². The zero-order chi connectivity index (χ0) is 14.4. The zero-order valence-corrected chi connectivity index (χ0v) is 11.4. The van der Waals surface area contributed by atoms with Crippen LogP contribution in [0, 0.1) is 0 Å². The Labute approximate surface area is 112 Å². The Morgan fingerprint density at radius 1 is 1.26 bits per heavy atom. The van der Waals surface area contributed by atoms with Crippen LogP contribution < -0.4 is 4.74 Å². The van der Waals surface area contributed by atoms with E-state index in [1.807, 2.05) is 13.8 Å². The van der Waals surface area contributed by atoms with Crippen molar-refractivity contribution >= 4 is 11.9 Å². The second kappa shape index (κ2) is 6.78. The highest BCUT2D eigenvalue weighted by molar-refractivity contribution is 6.03. The number of benzene rings is 1. The molecule has 5 heteroatoms. The number of carboxylic acid groups (broad SMARTS) is 1. The normalized spacial score (nSPS) is 10.1. The van der Waals surface area contributed by atoms with Gasteiger partial charge in [0.1, 0.15) is 5.75 Å². The molecule has 1 aromatic carbocycles. The van der Waals surface area contributed by atoms with Crippen LogP contribution in [0.15, 0.2) is 12.1 Å². The lowest BCUT2D eigenvalue weighted by Gasteiger charge is -2.13. The Morgan fingerprint density at radius 2 is 1.95 bits per heavy atom. The van der Waals surface area contributed by atoms with Crippen LogP contribution in [0.2, 0.25) is 0 Å². The monoisotopic (exact) mass is 266 g/mol. The first-order valence-electron chi connectivity index (χ1n) is 6.16. The van der Waals surface area contributed by atoms with E-state index in [2.05, 4.69) is 4.74 Å². The van der Waals surface area contributed by atoms with E-state index in [4.69, 9.17) is 4.74 Å². The fourth-order valence-electron chi connectivity index (χ4n) is 1.77. The van der Waals surface area contributed by atoms with Crippen LogP contribution in [0.4, 0.5) is 0 Å². The minimum atomic E-state index is -1.17. The maximum Gasteiger partial charge on any atom is 0.339 e. The van der Waals surface area contributed by atoms with Gasteiger partial charge in [-0.05, 0) is 30.5 Å². The Morgan fingerprint density at radius 3 is 2.42 bits per heavy atom. The van der Waals surface area contributed by atoms with Gasteiger partial charge >= 0.3 is 11.9 Å². The highest BCUT2D eigenvalue weighted by atomic mass is 16.5. The second-order valence-corrected chi connectivity index (χ2v) is 4.00. The molecule has 0 aliphatic heterocycles. The standard InChI is InChI=1S/C14H18O5/c1-4-6-19-10-7-9(5-2)12(14(17)18-3)11(8-10)13(15)16/h7-8H,4-6H2,1-3H3,(H,15,16). The molecule has 1 rings (SSSR count). The van der Waals surface area contributed by atoms with E-state index < -0.39 is 11.9 Å². The summed E-state index contributed by atoms with van der Waals surface area (Å²) in [7, 11) is 1.23. The molecule has 0 saturated heterocycles. The molecule has 19 heavy (non-hydrogen) atoms. The van der Waals surface area contributed by atoms with Crippen molar-refractivity contribution in [2.45, 2.75) is 26.7 Å². The third-order valence-electron chi connectivity index (χ3n) is 2.67. The van der Waals surface area contributed by atoms with Crippen molar-refractivity contribution in [3.8, 4) is 5.75 Å². The number of carbonyl (C=O) groups is 2. The van der Waals surface area contributed by atoms with Gasteiger partial charge in [-0.2, -0.15) is 0 Å². The van der Waals surface area contributed by atoms with Gasteiger partial charge < -0.3 is 14.6 Å². The van der Waals surface area contributed by atoms with E-state index in [-0.39, 0.29) is 11.1 Å². The molecular formula is C14H18O5. The Hall–Kier alpha value is -2.04. The van der Waals surface area contributed by atoms with E-state index >= 15 is 0 Å². The molecule has 1 N–H and O–H groups in total. The molecule has 0 bridgehead atoms. The Kier molecular flexibility index (Phi) is 5.36. The second-order valence-electron chi connectivity index (χ2n) is 4.00. The summed E-state index contributed by atoms with van der Waals surface area (Å²) in [6.07, 6.45) is 1.34. The molecule has 0 aromatic heterocycles. The number of ether oxygens (including phenoxy) is 2. The summed E-state index contributed by atoms with van der Waals surface area (Å²) in [5.74, 6) is -1.35. The average molecular weight is 266 g/mol. The molecule has 0 spiro atoms.